The zero-order valence-electron chi connectivity index (χ0n) is 19.4. The highest BCUT2D eigenvalue weighted by atomic mass is 35.5. The molecule has 0 radical (unpaired) electrons. The Morgan fingerprint density at radius 2 is 1.88 bits per heavy atom. The maximum atomic E-state index is 6.43. The standard InChI is InChI=1S/C25H30ClN7O/c1-15-22(14-33(32-15)18-3-4-18)29-24-20(26)13-28-25(31-24)30-21-7-2-17(16-8-10-27-11-9-16)12-23(21)34-19-5-6-19/h2,7,12-14,16,18-19,27H,3-6,8-11H2,1H3,(H2,28,29,30,31). The van der Waals surface area contributed by atoms with Crippen LogP contribution in [0.2, 0.25) is 5.02 Å². The summed E-state index contributed by atoms with van der Waals surface area (Å²) in [6.45, 7) is 4.12. The van der Waals surface area contributed by atoms with Gasteiger partial charge in [0.2, 0.25) is 5.95 Å². The normalized spacial score (nSPS) is 18.6. The van der Waals surface area contributed by atoms with Crippen LogP contribution < -0.4 is 20.7 Å². The third-order valence-corrected chi connectivity index (χ3v) is 6.99. The maximum absolute atomic E-state index is 6.43. The molecule has 1 aliphatic heterocycles. The van der Waals surface area contributed by atoms with Crippen LogP contribution in [0.4, 0.5) is 23.1 Å². The highest BCUT2D eigenvalue weighted by Gasteiger charge is 2.27. The summed E-state index contributed by atoms with van der Waals surface area (Å²) in [4.78, 5) is 9.07. The molecule has 1 saturated heterocycles. The van der Waals surface area contributed by atoms with E-state index in [0.29, 0.717) is 34.9 Å². The van der Waals surface area contributed by atoms with E-state index in [1.54, 1.807) is 6.20 Å². The highest BCUT2D eigenvalue weighted by Crippen LogP contribution is 2.38. The van der Waals surface area contributed by atoms with Gasteiger partial charge in [0, 0.05) is 6.20 Å². The SMILES string of the molecule is Cc1nn(C2CC2)cc1Nc1nc(Nc2ccc(C3CCNCC3)cc2OC2CC2)ncc1Cl. The van der Waals surface area contributed by atoms with Crippen molar-refractivity contribution in [2.45, 2.75) is 63.5 Å². The average molecular weight is 480 g/mol. The van der Waals surface area contributed by atoms with Crippen LogP contribution in [-0.4, -0.2) is 38.9 Å². The molecule has 0 bridgehead atoms. The smallest absolute Gasteiger partial charge is 0.229 e. The number of ether oxygens (including phenoxy) is 1. The third-order valence-electron chi connectivity index (χ3n) is 6.72. The van der Waals surface area contributed by atoms with E-state index in [2.05, 4.69) is 49.2 Å². The Labute approximate surface area is 204 Å². The number of nitrogens with zero attached hydrogens (tertiary/aromatic N) is 4. The Hall–Kier alpha value is -2.84. The van der Waals surface area contributed by atoms with E-state index in [1.165, 1.54) is 18.4 Å². The lowest BCUT2D eigenvalue weighted by Crippen LogP contribution is -2.26. The number of hydrogen-bond donors (Lipinski definition) is 3. The number of aryl methyl sites for hydroxylation is 1. The second kappa shape index (κ2) is 9.07. The van der Waals surface area contributed by atoms with Crippen molar-refractivity contribution in [2.75, 3.05) is 23.7 Å². The zero-order valence-corrected chi connectivity index (χ0v) is 20.1. The van der Waals surface area contributed by atoms with Gasteiger partial charge in [0.1, 0.15) is 10.8 Å². The van der Waals surface area contributed by atoms with Gasteiger partial charge in [0.25, 0.3) is 0 Å². The Morgan fingerprint density at radius 1 is 1.06 bits per heavy atom. The molecule has 3 aromatic rings. The van der Waals surface area contributed by atoms with Crippen LogP contribution in [0.15, 0.2) is 30.6 Å². The van der Waals surface area contributed by atoms with Gasteiger partial charge in [0.15, 0.2) is 5.82 Å². The molecule has 0 amide bonds. The van der Waals surface area contributed by atoms with Crippen LogP contribution in [0.3, 0.4) is 0 Å². The lowest BCUT2D eigenvalue weighted by Gasteiger charge is -2.24. The second-order valence-corrected chi connectivity index (χ2v) is 9.98. The summed E-state index contributed by atoms with van der Waals surface area (Å²) < 4.78 is 8.30. The molecule has 6 rings (SSSR count). The minimum absolute atomic E-state index is 0.304. The van der Waals surface area contributed by atoms with E-state index >= 15 is 0 Å². The minimum Gasteiger partial charge on any atom is -0.488 e. The number of benzene rings is 1. The molecule has 8 nitrogen and oxygen atoms in total. The van der Waals surface area contributed by atoms with Crippen LogP contribution in [0.5, 0.6) is 5.75 Å². The summed E-state index contributed by atoms with van der Waals surface area (Å²) in [5.74, 6) is 2.45. The average Bonchev–Trinajstić information content (AvgIpc) is 3.78. The van der Waals surface area contributed by atoms with Crippen LogP contribution in [-0.2, 0) is 0 Å². The Balaban J connectivity index is 1.23. The molecule has 9 heteroatoms. The topological polar surface area (TPSA) is 88.9 Å². The van der Waals surface area contributed by atoms with E-state index in [0.717, 1.165) is 61.6 Å². The van der Waals surface area contributed by atoms with Crippen molar-refractivity contribution in [2.24, 2.45) is 0 Å². The van der Waals surface area contributed by atoms with Gasteiger partial charge in [0.05, 0.1) is 35.4 Å². The molecule has 0 atom stereocenters. The van der Waals surface area contributed by atoms with Crippen LogP contribution in [0.1, 0.15) is 61.7 Å². The minimum atomic E-state index is 0.304. The quantitative estimate of drug-likeness (QED) is 0.395. The van der Waals surface area contributed by atoms with Crippen LogP contribution in [0, 0.1) is 6.92 Å². The van der Waals surface area contributed by atoms with Gasteiger partial charge in [-0.15, -0.1) is 0 Å². The molecule has 2 aliphatic carbocycles. The van der Waals surface area contributed by atoms with Crippen molar-refractivity contribution in [1.29, 1.82) is 0 Å². The predicted octanol–water partition coefficient (Wildman–Crippen LogP) is 5.47. The molecule has 3 N–H and O–H groups in total. The van der Waals surface area contributed by atoms with E-state index < -0.39 is 0 Å². The van der Waals surface area contributed by atoms with Gasteiger partial charge >= 0.3 is 0 Å². The number of piperidine rings is 1. The highest BCUT2D eigenvalue weighted by molar-refractivity contribution is 6.32. The first-order valence-corrected chi connectivity index (χ1v) is 12.6. The molecule has 2 aromatic heterocycles. The predicted molar refractivity (Wildman–Crippen MR) is 134 cm³/mol. The fourth-order valence-corrected chi connectivity index (χ4v) is 4.55. The number of anilines is 4. The van der Waals surface area contributed by atoms with Gasteiger partial charge in [-0.3, -0.25) is 4.68 Å². The van der Waals surface area contributed by atoms with Crippen molar-refractivity contribution in [3.63, 3.8) is 0 Å². The van der Waals surface area contributed by atoms with E-state index in [-0.39, 0.29) is 0 Å². The largest absolute Gasteiger partial charge is 0.488 e. The lowest BCUT2D eigenvalue weighted by atomic mass is 9.90. The summed E-state index contributed by atoms with van der Waals surface area (Å²) in [7, 11) is 0. The Kier molecular flexibility index (Phi) is 5.79. The molecule has 3 fully saturated rings. The molecule has 2 saturated carbocycles. The van der Waals surface area contributed by atoms with Gasteiger partial charge in [-0.25, -0.2) is 4.98 Å². The van der Waals surface area contributed by atoms with Gasteiger partial charge in [-0.1, -0.05) is 17.7 Å². The molecule has 178 valence electrons. The summed E-state index contributed by atoms with van der Waals surface area (Å²) in [6, 6.07) is 7.00. The molecule has 0 unspecified atom stereocenters. The number of halogens is 1. The fraction of sp³-hybridized carbons (Fsp3) is 0.480. The monoisotopic (exact) mass is 479 g/mol. The molecule has 34 heavy (non-hydrogen) atoms. The summed E-state index contributed by atoms with van der Waals surface area (Å²) in [6.07, 6.45) is 10.8. The van der Waals surface area contributed by atoms with E-state index in [4.69, 9.17) is 16.3 Å². The number of hydrogen-bond acceptors (Lipinski definition) is 7. The first-order chi connectivity index (χ1) is 16.6. The van der Waals surface area contributed by atoms with Crippen molar-refractivity contribution in [1.82, 2.24) is 25.1 Å². The second-order valence-electron chi connectivity index (χ2n) is 9.58. The van der Waals surface area contributed by atoms with Crippen LogP contribution in [0.25, 0.3) is 0 Å². The van der Waals surface area contributed by atoms with Crippen molar-refractivity contribution in [3.8, 4) is 5.75 Å². The lowest BCUT2D eigenvalue weighted by molar-refractivity contribution is 0.304. The zero-order chi connectivity index (χ0) is 23.1. The summed E-state index contributed by atoms with van der Waals surface area (Å²) in [5.41, 5.74) is 4.04. The van der Waals surface area contributed by atoms with Crippen LogP contribution >= 0.6 is 11.6 Å². The molecular formula is C25H30ClN7O. The maximum Gasteiger partial charge on any atom is 0.229 e. The molecule has 3 heterocycles. The first-order valence-electron chi connectivity index (χ1n) is 12.3. The number of nitrogens with one attached hydrogen (secondary N) is 3. The molecule has 3 aliphatic rings. The van der Waals surface area contributed by atoms with Gasteiger partial charge in [-0.2, -0.15) is 10.1 Å². The summed E-state index contributed by atoms with van der Waals surface area (Å²) >= 11 is 6.43. The van der Waals surface area contributed by atoms with E-state index in [1.807, 2.05) is 17.8 Å². The van der Waals surface area contributed by atoms with Crippen molar-refractivity contribution >= 4 is 34.7 Å². The van der Waals surface area contributed by atoms with Crippen molar-refractivity contribution in [3.05, 3.63) is 46.9 Å². The van der Waals surface area contributed by atoms with E-state index in [9.17, 15) is 0 Å². The Bertz CT molecular complexity index is 1180. The number of aromatic nitrogens is 4. The number of rotatable bonds is 8. The molecule has 1 aromatic carbocycles. The van der Waals surface area contributed by atoms with Crippen molar-refractivity contribution < 1.29 is 4.74 Å². The van der Waals surface area contributed by atoms with Gasteiger partial charge in [-0.05, 0) is 82.2 Å². The Morgan fingerprint density at radius 3 is 2.65 bits per heavy atom. The first kappa shape index (κ1) is 21.7. The third kappa shape index (κ3) is 4.83. The molecular weight excluding hydrogens is 450 g/mol. The van der Waals surface area contributed by atoms with Gasteiger partial charge < -0.3 is 20.7 Å². The summed E-state index contributed by atoms with van der Waals surface area (Å²) in [5, 5.41) is 15.2. The molecule has 0 spiro atoms. The fourth-order valence-electron chi connectivity index (χ4n) is 4.41.